The van der Waals surface area contributed by atoms with Gasteiger partial charge in [0.2, 0.25) is 0 Å². The molecule has 3 nitrogen and oxygen atoms in total. The van der Waals surface area contributed by atoms with Crippen molar-refractivity contribution in [2.75, 3.05) is 0 Å². The molecule has 0 N–H and O–H groups in total. The van der Waals surface area contributed by atoms with E-state index in [4.69, 9.17) is 15.0 Å². The standard InChI is InChI=1S/C37H27N3/c1-24-13-14-30-19-20-32-33(21-25(2)39-37(32)36(30)38-24)27-15-17-29(18-16-27)35-23-31(26-9-5-3-6-10-26)22-34(40-35)28-11-7-4-8-12-28/h3-23H,1-2H3. The highest BCUT2D eigenvalue weighted by atomic mass is 14.8. The SMILES string of the molecule is Cc1ccc2ccc3c(-c4ccc(-c5cc(-c6ccccc6)cc(-c6ccccc6)n5)cc4)cc(C)nc3c2n1. The molecule has 0 unspecified atom stereocenters. The van der Waals surface area contributed by atoms with Gasteiger partial charge in [0, 0.05) is 33.3 Å². The van der Waals surface area contributed by atoms with Crippen LogP contribution in [0.15, 0.2) is 127 Å². The van der Waals surface area contributed by atoms with Crippen LogP contribution in [0, 0.1) is 13.8 Å². The van der Waals surface area contributed by atoms with E-state index >= 15 is 0 Å². The first kappa shape index (κ1) is 23.9. The van der Waals surface area contributed by atoms with Crippen molar-refractivity contribution < 1.29 is 0 Å². The van der Waals surface area contributed by atoms with Crippen molar-refractivity contribution in [3.8, 4) is 44.8 Å². The summed E-state index contributed by atoms with van der Waals surface area (Å²) in [5.74, 6) is 0. The fourth-order valence-electron chi connectivity index (χ4n) is 5.39. The molecule has 0 bridgehead atoms. The minimum absolute atomic E-state index is 0.949. The van der Waals surface area contributed by atoms with Gasteiger partial charge in [-0.25, -0.2) is 4.98 Å². The maximum atomic E-state index is 5.09. The predicted molar refractivity (Wildman–Crippen MR) is 166 cm³/mol. The van der Waals surface area contributed by atoms with Gasteiger partial charge < -0.3 is 0 Å². The van der Waals surface area contributed by atoms with Crippen molar-refractivity contribution in [3.05, 3.63) is 139 Å². The van der Waals surface area contributed by atoms with E-state index in [1.54, 1.807) is 0 Å². The van der Waals surface area contributed by atoms with Gasteiger partial charge in [0.1, 0.15) is 0 Å². The van der Waals surface area contributed by atoms with Crippen LogP contribution in [0.5, 0.6) is 0 Å². The average molecular weight is 514 g/mol. The monoisotopic (exact) mass is 513 g/mol. The second-order valence-corrected chi connectivity index (χ2v) is 10.2. The maximum absolute atomic E-state index is 5.09. The lowest BCUT2D eigenvalue weighted by molar-refractivity contribution is 1.23. The number of rotatable bonds is 4. The third-order valence-corrected chi connectivity index (χ3v) is 7.40. The summed E-state index contributed by atoms with van der Waals surface area (Å²) in [6.45, 7) is 4.08. The Balaban J connectivity index is 1.35. The fraction of sp³-hybridized carbons (Fsp3) is 0.0541. The topological polar surface area (TPSA) is 38.7 Å². The molecule has 0 fully saturated rings. The van der Waals surface area contributed by atoms with Crippen LogP contribution in [-0.4, -0.2) is 15.0 Å². The Morgan fingerprint density at radius 1 is 0.400 bits per heavy atom. The zero-order valence-corrected chi connectivity index (χ0v) is 22.5. The third-order valence-electron chi connectivity index (χ3n) is 7.40. The van der Waals surface area contributed by atoms with E-state index in [2.05, 4.69) is 116 Å². The molecule has 0 saturated carbocycles. The van der Waals surface area contributed by atoms with Gasteiger partial charge in [-0.3, -0.25) is 9.97 Å². The smallest absolute Gasteiger partial charge is 0.0974 e. The molecule has 0 atom stereocenters. The number of aromatic nitrogens is 3. The molecule has 7 rings (SSSR count). The second-order valence-electron chi connectivity index (χ2n) is 10.2. The molecule has 3 heterocycles. The number of hydrogen-bond acceptors (Lipinski definition) is 3. The molecule has 0 amide bonds. The van der Waals surface area contributed by atoms with Crippen molar-refractivity contribution in [3.63, 3.8) is 0 Å². The lowest BCUT2D eigenvalue weighted by atomic mass is 9.96. The lowest BCUT2D eigenvalue weighted by Gasteiger charge is -2.12. The van der Waals surface area contributed by atoms with Gasteiger partial charge in [-0.1, -0.05) is 103 Å². The summed E-state index contributed by atoms with van der Waals surface area (Å²) in [4.78, 5) is 14.8. The molecule has 190 valence electrons. The van der Waals surface area contributed by atoms with Crippen LogP contribution in [0.2, 0.25) is 0 Å². The zero-order chi connectivity index (χ0) is 27.1. The highest BCUT2D eigenvalue weighted by Crippen LogP contribution is 2.35. The molecule has 0 aliphatic carbocycles. The first-order chi connectivity index (χ1) is 19.6. The second kappa shape index (κ2) is 9.87. The Hall–Kier alpha value is -5.15. The van der Waals surface area contributed by atoms with E-state index in [1.165, 1.54) is 5.56 Å². The van der Waals surface area contributed by atoms with Gasteiger partial charge in [-0.15, -0.1) is 0 Å². The number of aryl methyl sites for hydroxylation is 2. The molecule has 7 aromatic rings. The van der Waals surface area contributed by atoms with Crippen LogP contribution in [0.25, 0.3) is 66.6 Å². The molecule has 0 aliphatic heterocycles. The predicted octanol–water partition coefficient (Wildman–Crippen LogP) is 9.46. The molecular formula is C37H27N3. The molecule has 0 saturated heterocycles. The normalized spacial score (nSPS) is 11.2. The molecule has 3 heteroatoms. The van der Waals surface area contributed by atoms with Crippen LogP contribution < -0.4 is 0 Å². The van der Waals surface area contributed by atoms with Gasteiger partial charge in [-0.05, 0) is 60.4 Å². The van der Waals surface area contributed by atoms with Crippen LogP contribution in [0.4, 0.5) is 0 Å². The van der Waals surface area contributed by atoms with Gasteiger partial charge in [-0.2, -0.15) is 0 Å². The third kappa shape index (κ3) is 4.42. The summed E-state index contributed by atoms with van der Waals surface area (Å²) in [6.07, 6.45) is 0. The Bertz CT molecular complexity index is 1940. The fourth-order valence-corrected chi connectivity index (χ4v) is 5.39. The summed E-state index contributed by atoms with van der Waals surface area (Å²) >= 11 is 0. The van der Waals surface area contributed by atoms with E-state index < -0.39 is 0 Å². The minimum atomic E-state index is 0.949. The van der Waals surface area contributed by atoms with Crippen molar-refractivity contribution in [1.82, 2.24) is 15.0 Å². The molecule has 4 aromatic carbocycles. The maximum Gasteiger partial charge on any atom is 0.0974 e. The minimum Gasteiger partial charge on any atom is -0.251 e. The van der Waals surface area contributed by atoms with E-state index in [0.717, 1.165) is 72.4 Å². The quantitative estimate of drug-likeness (QED) is 0.220. The first-order valence-corrected chi connectivity index (χ1v) is 13.5. The Labute approximate surface area is 233 Å². The van der Waals surface area contributed by atoms with Crippen molar-refractivity contribution in [1.29, 1.82) is 0 Å². The summed E-state index contributed by atoms with van der Waals surface area (Å²) in [6, 6.07) is 44.6. The summed E-state index contributed by atoms with van der Waals surface area (Å²) < 4.78 is 0. The van der Waals surface area contributed by atoms with Crippen LogP contribution in [0.3, 0.4) is 0 Å². The zero-order valence-electron chi connectivity index (χ0n) is 22.5. The molecular weight excluding hydrogens is 486 g/mol. The van der Waals surface area contributed by atoms with Crippen molar-refractivity contribution in [2.24, 2.45) is 0 Å². The van der Waals surface area contributed by atoms with Crippen molar-refractivity contribution >= 4 is 21.8 Å². The number of benzene rings is 4. The van der Waals surface area contributed by atoms with Crippen LogP contribution in [-0.2, 0) is 0 Å². The Morgan fingerprint density at radius 3 is 1.68 bits per heavy atom. The average Bonchev–Trinajstić information content (AvgIpc) is 3.01. The number of fused-ring (bicyclic) bond motifs is 3. The molecule has 0 aliphatic rings. The van der Waals surface area contributed by atoms with Gasteiger partial charge in [0.15, 0.2) is 0 Å². The van der Waals surface area contributed by atoms with E-state index in [0.29, 0.717) is 0 Å². The van der Waals surface area contributed by atoms with Gasteiger partial charge >= 0.3 is 0 Å². The lowest BCUT2D eigenvalue weighted by Crippen LogP contribution is -1.93. The van der Waals surface area contributed by atoms with Gasteiger partial charge in [0.05, 0.1) is 22.4 Å². The summed E-state index contributed by atoms with van der Waals surface area (Å²) in [5.41, 5.74) is 12.6. The van der Waals surface area contributed by atoms with E-state index in [-0.39, 0.29) is 0 Å². The Morgan fingerprint density at radius 2 is 0.975 bits per heavy atom. The van der Waals surface area contributed by atoms with Crippen LogP contribution in [0.1, 0.15) is 11.4 Å². The molecule has 0 spiro atoms. The van der Waals surface area contributed by atoms with E-state index in [9.17, 15) is 0 Å². The molecule has 40 heavy (non-hydrogen) atoms. The van der Waals surface area contributed by atoms with E-state index in [1.807, 2.05) is 25.1 Å². The molecule has 0 radical (unpaired) electrons. The number of hydrogen-bond donors (Lipinski definition) is 0. The first-order valence-electron chi connectivity index (χ1n) is 13.5. The highest BCUT2D eigenvalue weighted by molar-refractivity contribution is 6.08. The Kier molecular flexibility index (Phi) is 5.90. The van der Waals surface area contributed by atoms with Gasteiger partial charge in [0.25, 0.3) is 0 Å². The summed E-state index contributed by atoms with van der Waals surface area (Å²) in [5, 5.41) is 2.22. The van der Waals surface area contributed by atoms with Crippen molar-refractivity contribution in [2.45, 2.75) is 13.8 Å². The summed E-state index contributed by atoms with van der Waals surface area (Å²) in [7, 11) is 0. The van der Waals surface area contributed by atoms with Crippen LogP contribution >= 0.6 is 0 Å². The molecule has 3 aromatic heterocycles. The number of nitrogens with zero attached hydrogens (tertiary/aromatic N) is 3. The largest absolute Gasteiger partial charge is 0.251 e. The number of pyridine rings is 3. The highest BCUT2D eigenvalue weighted by Gasteiger charge is 2.13.